The molecule has 0 saturated carbocycles. The van der Waals surface area contributed by atoms with E-state index < -0.39 is 16.0 Å². The zero-order chi connectivity index (χ0) is 21.0. The Balaban J connectivity index is 1.66. The maximum absolute atomic E-state index is 12.6. The van der Waals surface area contributed by atoms with E-state index in [-0.39, 0.29) is 27.9 Å². The highest BCUT2D eigenvalue weighted by Gasteiger charge is 2.21. The van der Waals surface area contributed by atoms with Gasteiger partial charge in [-0.1, -0.05) is 35.9 Å². The van der Waals surface area contributed by atoms with Crippen molar-refractivity contribution in [2.24, 2.45) is 0 Å². The average molecular weight is 437 g/mol. The number of halogens is 1. The number of hydrogen-bond donors (Lipinski definition) is 1. The van der Waals surface area contributed by atoms with Gasteiger partial charge in [0.15, 0.2) is 0 Å². The van der Waals surface area contributed by atoms with Crippen LogP contribution in [0.2, 0.25) is 5.02 Å². The summed E-state index contributed by atoms with van der Waals surface area (Å²) < 4.78 is 32.2. The van der Waals surface area contributed by atoms with E-state index >= 15 is 0 Å². The highest BCUT2D eigenvalue weighted by Crippen LogP contribution is 2.21. The van der Waals surface area contributed by atoms with Crippen molar-refractivity contribution in [3.8, 4) is 0 Å². The van der Waals surface area contributed by atoms with E-state index in [9.17, 15) is 18.0 Å². The summed E-state index contributed by atoms with van der Waals surface area (Å²) in [5.41, 5.74) is 1.75. The number of ether oxygens (including phenoxy) is 1. The van der Waals surface area contributed by atoms with Crippen LogP contribution in [0.25, 0.3) is 0 Å². The van der Waals surface area contributed by atoms with Crippen molar-refractivity contribution < 1.29 is 22.7 Å². The Morgan fingerprint density at radius 2 is 1.86 bits per heavy atom. The third kappa shape index (κ3) is 5.14. The Morgan fingerprint density at radius 1 is 1.17 bits per heavy atom. The molecule has 1 fully saturated rings. The lowest BCUT2D eigenvalue weighted by Gasteiger charge is -2.15. The first kappa shape index (κ1) is 21.3. The molecule has 0 aromatic heterocycles. The molecule has 1 aliphatic heterocycles. The number of benzene rings is 2. The zero-order valence-electron chi connectivity index (χ0n) is 15.9. The standard InChI is InChI=1S/C20H21ClN2O5S/c1-28-20(25)17-11-16(8-9-18(17)21)29(26,27)22-12-14-4-6-15(7-5-14)13-23-10-2-3-19(23)24/h4-9,11,22H,2-3,10,12-13H2,1H3. The minimum atomic E-state index is -3.84. The van der Waals surface area contributed by atoms with E-state index in [1.807, 2.05) is 29.2 Å². The molecule has 154 valence electrons. The lowest BCUT2D eigenvalue weighted by molar-refractivity contribution is -0.128. The van der Waals surface area contributed by atoms with Crippen molar-refractivity contribution in [3.63, 3.8) is 0 Å². The van der Waals surface area contributed by atoms with Crippen LogP contribution in [-0.2, 0) is 32.6 Å². The first-order valence-corrected chi connectivity index (χ1v) is 10.9. The molecular weight excluding hydrogens is 416 g/mol. The molecule has 29 heavy (non-hydrogen) atoms. The molecule has 2 aromatic carbocycles. The Kier molecular flexibility index (Phi) is 6.56. The largest absolute Gasteiger partial charge is 0.465 e. The summed E-state index contributed by atoms with van der Waals surface area (Å²) in [4.78, 5) is 25.2. The normalized spacial score (nSPS) is 14.3. The van der Waals surface area contributed by atoms with Crippen LogP contribution in [0.3, 0.4) is 0 Å². The monoisotopic (exact) mass is 436 g/mol. The van der Waals surface area contributed by atoms with Crippen LogP contribution in [0, 0.1) is 0 Å². The highest BCUT2D eigenvalue weighted by atomic mass is 35.5. The minimum absolute atomic E-state index is 0.0159. The van der Waals surface area contributed by atoms with E-state index in [1.165, 1.54) is 25.3 Å². The fourth-order valence-corrected chi connectivity index (χ4v) is 4.29. The van der Waals surface area contributed by atoms with Gasteiger partial charge in [0.2, 0.25) is 15.9 Å². The molecule has 1 amide bonds. The topological polar surface area (TPSA) is 92.8 Å². The molecule has 1 saturated heterocycles. The maximum Gasteiger partial charge on any atom is 0.339 e. The number of nitrogens with zero attached hydrogens (tertiary/aromatic N) is 1. The number of esters is 1. The van der Waals surface area contributed by atoms with Gasteiger partial charge in [0.05, 0.1) is 22.6 Å². The molecule has 7 nitrogen and oxygen atoms in total. The van der Waals surface area contributed by atoms with E-state index in [1.54, 1.807) is 0 Å². The Labute approximate surface area is 174 Å². The van der Waals surface area contributed by atoms with Gasteiger partial charge < -0.3 is 9.64 Å². The van der Waals surface area contributed by atoms with Crippen molar-refractivity contribution >= 4 is 33.5 Å². The number of amides is 1. The van der Waals surface area contributed by atoms with Gasteiger partial charge >= 0.3 is 5.97 Å². The van der Waals surface area contributed by atoms with Crippen molar-refractivity contribution in [2.45, 2.75) is 30.8 Å². The van der Waals surface area contributed by atoms with E-state index in [0.29, 0.717) is 13.0 Å². The van der Waals surface area contributed by atoms with Crippen LogP contribution in [0.4, 0.5) is 0 Å². The van der Waals surface area contributed by atoms with Gasteiger partial charge in [0, 0.05) is 26.1 Å². The summed E-state index contributed by atoms with van der Waals surface area (Å²) in [7, 11) is -2.65. The molecule has 0 atom stereocenters. The van der Waals surface area contributed by atoms with Gasteiger partial charge in [-0.2, -0.15) is 0 Å². The van der Waals surface area contributed by atoms with Crippen molar-refractivity contribution in [2.75, 3.05) is 13.7 Å². The number of sulfonamides is 1. The predicted octanol–water partition coefficient (Wildman–Crippen LogP) is 2.73. The van der Waals surface area contributed by atoms with Crippen molar-refractivity contribution in [1.82, 2.24) is 9.62 Å². The number of hydrogen-bond acceptors (Lipinski definition) is 5. The van der Waals surface area contributed by atoms with Gasteiger partial charge in [-0.15, -0.1) is 0 Å². The lowest BCUT2D eigenvalue weighted by Crippen LogP contribution is -2.24. The number of nitrogens with one attached hydrogen (secondary N) is 1. The second kappa shape index (κ2) is 8.94. The first-order valence-electron chi connectivity index (χ1n) is 9.03. The second-order valence-electron chi connectivity index (χ2n) is 6.69. The third-order valence-electron chi connectivity index (χ3n) is 4.69. The molecule has 0 spiro atoms. The molecule has 0 radical (unpaired) electrons. The molecule has 1 N–H and O–H groups in total. The summed E-state index contributed by atoms with van der Waals surface area (Å²) in [5, 5.41) is 0.114. The summed E-state index contributed by atoms with van der Waals surface area (Å²) in [6, 6.07) is 11.3. The third-order valence-corrected chi connectivity index (χ3v) is 6.42. The molecular formula is C20H21ClN2O5S. The fraction of sp³-hybridized carbons (Fsp3) is 0.300. The summed E-state index contributed by atoms with van der Waals surface area (Å²) >= 11 is 5.94. The summed E-state index contributed by atoms with van der Waals surface area (Å²) in [6.45, 7) is 1.42. The quantitative estimate of drug-likeness (QED) is 0.673. The van der Waals surface area contributed by atoms with Crippen LogP contribution < -0.4 is 4.72 Å². The van der Waals surface area contributed by atoms with Gasteiger partial charge in [-0.05, 0) is 35.7 Å². The van der Waals surface area contributed by atoms with Gasteiger partial charge in [-0.3, -0.25) is 4.79 Å². The molecule has 0 unspecified atom stereocenters. The zero-order valence-corrected chi connectivity index (χ0v) is 17.4. The van der Waals surface area contributed by atoms with Gasteiger partial charge in [0.25, 0.3) is 0 Å². The Morgan fingerprint density at radius 3 is 2.48 bits per heavy atom. The predicted molar refractivity (Wildman–Crippen MR) is 108 cm³/mol. The Bertz CT molecular complexity index is 1020. The van der Waals surface area contributed by atoms with Crippen LogP contribution in [0.15, 0.2) is 47.4 Å². The number of rotatable bonds is 7. The molecule has 1 heterocycles. The van der Waals surface area contributed by atoms with Gasteiger partial charge in [0.1, 0.15) is 0 Å². The van der Waals surface area contributed by atoms with Crippen LogP contribution >= 0.6 is 11.6 Å². The van der Waals surface area contributed by atoms with Crippen LogP contribution in [0.5, 0.6) is 0 Å². The minimum Gasteiger partial charge on any atom is -0.465 e. The SMILES string of the molecule is COC(=O)c1cc(S(=O)(=O)NCc2ccc(CN3CCCC3=O)cc2)ccc1Cl. The van der Waals surface area contributed by atoms with Crippen molar-refractivity contribution in [1.29, 1.82) is 0 Å². The average Bonchev–Trinajstić information content (AvgIpc) is 3.11. The Hall–Kier alpha value is -2.42. The van der Waals surface area contributed by atoms with Crippen molar-refractivity contribution in [3.05, 3.63) is 64.2 Å². The fourth-order valence-electron chi connectivity index (χ4n) is 3.05. The molecule has 3 rings (SSSR count). The summed E-state index contributed by atoms with van der Waals surface area (Å²) in [6.07, 6.45) is 1.49. The smallest absolute Gasteiger partial charge is 0.339 e. The number of carbonyl (C=O) groups excluding carboxylic acids is 2. The lowest BCUT2D eigenvalue weighted by atomic mass is 10.1. The van der Waals surface area contributed by atoms with E-state index in [4.69, 9.17) is 11.6 Å². The van der Waals surface area contributed by atoms with Crippen LogP contribution in [0.1, 0.15) is 34.3 Å². The van der Waals surface area contributed by atoms with E-state index in [0.717, 1.165) is 24.1 Å². The van der Waals surface area contributed by atoms with E-state index in [2.05, 4.69) is 9.46 Å². The van der Waals surface area contributed by atoms with Crippen LogP contribution in [-0.4, -0.2) is 38.8 Å². The summed E-state index contributed by atoms with van der Waals surface area (Å²) in [5.74, 6) is -0.546. The molecule has 9 heteroatoms. The molecule has 2 aromatic rings. The maximum atomic E-state index is 12.6. The first-order chi connectivity index (χ1) is 13.8. The second-order valence-corrected chi connectivity index (χ2v) is 8.87. The number of carbonyl (C=O) groups is 2. The highest BCUT2D eigenvalue weighted by molar-refractivity contribution is 7.89. The number of methoxy groups -OCH3 is 1. The molecule has 0 aliphatic carbocycles. The molecule has 1 aliphatic rings. The molecule has 0 bridgehead atoms. The number of likely N-dealkylation sites (tertiary alicyclic amines) is 1. The van der Waals surface area contributed by atoms with Gasteiger partial charge in [-0.25, -0.2) is 17.9 Å².